The first-order valence-corrected chi connectivity index (χ1v) is 13.5. The predicted octanol–water partition coefficient (Wildman–Crippen LogP) is 6.27. The molecule has 1 atom stereocenters. The van der Waals surface area contributed by atoms with Gasteiger partial charge in [-0.1, -0.05) is 46.5 Å². The van der Waals surface area contributed by atoms with Crippen molar-refractivity contribution in [1.82, 2.24) is 20.2 Å². The van der Waals surface area contributed by atoms with Gasteiger partial charge in [0.2, 0.25) is 5.95 Å². The van der Waals surface area contributed by atoms with Gasteiger partial charge in [0.1, 0.15) is 18.4 Å². The van der Waals surface area contributed by atoms with Crippen molar-refractivity contribution in [2.75, 3.05) is 24.9 Å². The second kappa shape index (κ2) is 11.7. The molecule has 0 spiro atoms. The lowest BCUT2D eigenvalue weighted by molar-refractivity contribution is -0.113. The average Bonchev–Trinajstić information content (AvgIpc) is 3.41. The Morgan fingerprint density at radius 1 is 1.07 bits per heavy atom. The molecule has 0 aliphatic carbocycles. The van der Waals surface area contributed by atoms with Gasteiger partial charge in [-0.25, -0.2) is 0 Å². The SMILES string of the molecule is COc1ccccc1NC(=O)C1=C(C)Nc2nnnn2C1c1cc(Br)c(OCc2ccc(Cl)c(Cl)c2)c(OC)c1. The lowest BCUT2D eigenvalue weighted by Crippen LogP contribution is -2.31. The number of halogens is 3. The molecule has 2 N–H and O–H groups in total. The summed E-state index contributed by atoms with van der Waals surface area (Å²) in [5, 5.41) is 19.0. The van der Waals surface area contributed by atoms with Gasteiger partial charge in [-0.2, -0.15) is 4.68 Å². The second-order valence-electron chi connectivity index (χ2n) is 8.74. The number of ether oxygens (including phenoxy) is 3. The number of methoxy groups -OCH3 is 2. The van der Waals surface area contributed by atoms with Crippen LogP contribution in [0.15, 0.2) is 70.3 Å². The number of tetrazole rings is 1. The van der Waals surface area contributed by atoms with Crippen LogP contribution in [0.25, 0.3) is 0 Å². The number of nitrogens with one attached hydrogen (secondary N) is 2. The monoisotopic (exact) mass is 644 g/mol. The largest absolute Gasteiger partial charge is 0.495 e. The van der Waals surface area contributed by atoms with Crippen LogP contribution < -0.4 is 24.8 Å². The van der Waals surface area contributed by atoms with E-state index < -0.39 is 6.04 Å². The number of aromatic nitrogens is 4. The fourth-order valence-corrected chi connectivity index (χ4v) is 5.27. The highest BCUT2D eigenvalue weighted by Crippen LogP contribution is 2.43. The van der Waals surface area contributed by atoms with Crippen molar-refractivity contribution >= 4 is 56.7 Å². The second-order valence-corrected chi connectivity index (χ2v) is 10.4. The zero-order chi connectivity index (χ0) is 28.4. The number of hydrogen-bond donors (Lipinski definition) is 2. The summed E-state index contributed by atoms with van der Waals surface area (Å²) in [5.41, 5.74) is 3.04. The minimum atomic E-state index is -0.685. The van der Waals surface area contributed by atoms with Crippen molar-refractivity contribution in [2.24, 2.45) is 0 Å². The first-order valence-electron chi connectivity index (χ1n) is 11.9. The lowest BCUT2D eigenvalue weighted by atomic mass is 9.94. The van der Waals surface area contributed by atoms with Gasteiger partial charge in [0.25, 0.3) is 5.91 Å². The van der Waals surface area contributed by atoms with Crippen LogP contribution in [-0.2, 0) is 11.4 Å². The number of benzene rings is 3. The molecule has 0 fully saturated rings. The first-order chi connectivity index (χ1) is 19.3. The zero-order valence-electron chi connectivity index (χ0n) is 21.5. The Balaban J connectivity index is 1.51. The number of carbonyl (C=O) groups excluding carboxylic acids is 1. The topological polar surface area (TPSA) is 112 Å². The molecule has 13 heteroatoms. The summed E-state index contributed by atoms with van der Waals surface area (Å²) >= 11 is 15.8. The molecule has 1 aliphatic rings. The number of hydrogen-bond acceptors (Lipinski definition) is 8. The van der Waals surface area contributed by atoms with Gasteiger partial charge in [-0.15, -0.1) is 0 Å². The molecule has 1 aromatic heterocycles. The third kappa shape index (κ3) is 5.45. The molecule has 206 valence electrons. The molecule has 40 heavy (non-hydrogen) atoms. The van der Waals surface area contributed by atoms with Gasteiger partial charge < -0.3 is 24.8 Å². The molecule has 2 heterocycles. The highest BCUT2D eigenvalue weighted by Gasteiger charge is 2.35. The number of allylic oxidation sites excluding steroid dienone is 1. The van der Waals surface area contributed by atoms with Crippen LogP contribution in [0.1, 0.15) is 24.1 Å². The molecule has 0 radical (unpaired) electrons. The number of para-hydroxylation sites is 2. The van der Waals surface area contributed by atoms with E-state index in [0.717, 1.165) is 5.56 Å². The Hall–Kier alpha value is -3.80. The van der Waals surface area contributed by atoms with E-state index in [-0.39, 0.29) is 12.5 Å². The summed E-state index contributed by atoms with van der Waals surface area (Å²) in [7, 11) is 3.08. The van der Waals surface area contributed by atoms with E-state index in [1.165, 1.54) is 0 Å². The summed E-state index contributed by atoms with van der Waals surface area (Å²) in [6, 6.07) is 15.4. The summed E-state index contributed by atoms with van der Waals surface area (Å²) in [5.74, 6) is 1.50. The smallest absolute Gasteiger partial charge is 0.255 e. The Kier molecular flexibility index (Phi) is 8.15. The Labute approximate surface area is 248 Å². The normalized spacial score (nSPS) is 14.3. The molecule has 10 nitrogen and oxygen atoms in total. The van der Waals surface area contributed by atoms with E-state index in [9.17, 15) is 4.79 Å². The number of rotatable bonds is 8. The molecule has 0 saturated carbocycles. The van der Waals surface area contributed by atoms with Gasteiger partial charge in [0.05, 0.1) is 40.0 Å². The van der Waals surface area contributed by atoms with E-state index >= 15 is 0 Å². The van der Waals surface area contributed by atoms with Crippen LogP contribution >= 0.6 is 39.1 Å². The molecule has 5 rings (SSSR count). The molecule has 1 aliphatic heterocycles. The van der Waals surface area contributed by atoms with E-state index in [1.807, 2.05) is 24.3 Å². The number of amides is 1. The zero-order valence-corrected chi connectivity index (χ0v) is 24.6. The first kappa shape index (κ1) is 27.8. The maximum absolute atomic E-state index is 13.7. The van der Waals surface area contributed by atoms with Crippen molar-refractivity contribution in [3.8, 4) is 17.2 Å². The van der Waals surface area contributed by atoms with Crippen molar-refractivity contribution in [3.63, 3.8) is 0 Å². The number of carbonyl (C=O) groups is 1. The molecular formula is C27H23BrCl2N6O4. The highest BCUT2D eigenvalue weighted by molar-refractivity contribution is 9.10. The minimum absolute atomic E-state index is 0.223. The summed E-state index contributed by atoms with van der Waals surface area (Å²) in [6.07, 6.45) is 0. The molecule has 3 aromatic carbocycles. The van der Waals surface area contributed by atoms with Crippen molar-refractivity contribution in [2.45, 2.75) is 19.6 Å². The Morgan fingerprint density at radius 3 is 2.60 bits per heavy atom. The Bertz CT molecular complexity index is 1630. The maximum atomic E-state index is 13.7. The van der Waals surface area contributed by atoms with Crippen molar-refractivity contribution in [3.05, 3.63) is 91.5 Å². The molecular weight excluding hydrogens is 623 g/mol. The van der Waals surface area contributed by atoms with E-state index in [1.54, 1.807) is 56.2 Å². The summed E-state index contributed by atoms with van der Waals surface area (Å²) in [4.78, 5) is 13.7. The molecule has 0 saturated heterocycles. The Morgan fingerprint density at radius 2 is 1.85 bits per heavy atom. The third-order valence-electron chi connectivity index (χ3n) is 6.25. The van der Waals surface area contributed by atoms with E-state index in [2.05, 4.69) is 42.1 Å². The van der Waals surface area contributed by atoms with Crippen LogP contribution in [-0.4, -0.2) is 40.3 Å². The van der Waals surface area contributed by atoms with Crippen LogP contribution in [0.4, 0.5) is 11.6 Å². The van der Waals surface area contributed by atoms with Gasteiger partial charge in [0.15, 0.2) is 11.5 Å². The van der Waals surface area contributed by atoms with Crippen molar-refractivity contribution in [1.29, 1.82) is 0 Å². The summed E-state index contributed by atoms with van der Waals surface area (Å²) < 4.78 is 19.4. The summed E-state index contributed by atoms with van der Waals surface area (Å²) in [6.45, 7) is 2.02. The van der Waals surface area contributed by atoms with Gasteiger partial charge in [0, 0.05) is 5.70 Å². The third-order valence-corrected chi connectivity index (χ3v) is 7.58. The molecule has 0 bridgehead atoms. The lowest BCUT2D eigenvalue weighted by Gasteiger charge is -2.28. The van der Waals surface area contributed by atoms with Crippen LogP contribution in [0.5, 0.6) is 17.2 Å². The van der Waals surface area contributed by atoms with Gasteiger partial charge >= 0.3 is 0 Å². The highest BCUT2D eigenvalue weighted by atomic mass is 79.9. The fourth-order valence-electron chi connectivity index (χ4n) is 4.37. The molecule has 1 unspecified atom stereocenters. The molecule has 1 amide bonds. The number of fused-ring (bicyclic) bond motifs is 1. The maximum Gasteiger partial charge on any atom is 0.255 e. The quantitative estimate of drug-likeness (QED) is 0.231. The predicted molar refractivity (Wildman–Crippen MR) is 155 cm³/mol. The average molecular weight is 646 g/mol. The van der Waals surface area contributed by atoms with Crippen LogP contribution in [0.3, 0.4) is 0 Å². The van der Waals surface area contributed by atoms with Gasteiger partial charge in [-0.05, 0) is 80.8 Å². The number of nitrogens with zero attached hydrogens (tertiary/aromatic N) is 4. The molecule has 4 aromatic rings. The van der Waals surface area contributed by atoms with Gasteiger partial charge in [-0.3, -0.25) is 4.79 Å². The standard InChI is InChI=1S/C27H23BrCl2N6O4/c1-14-23(26(37)32-20-6-4-5-7-21(20)38-2)24(36-27(31-14)33-34-35-36)16-11-17(28)25(22(12-16)39-3)40-13-15-8-9-18(29)19(30)10-15/h4-12,24H,13H2,1-3H3,(H,32,37)(H,31,33,35). The van der Waals surface area contributed by atoms with Crippen LogP contribution in [0, 0.1) is 0 Å². The van der Waals surface area contributed by atoms with E-state index in [0.29, 0.717) is 60.2 Å². The van der Waals surface area contributed by atoms with Crippen LogP contribution in [0.2, 0.25) is 10.0 Å². The van der Waals surface area contributed by atoms with E-state index in [4.69, 9.17) is 37.4 Å². The van der Waals surface area contributed by atoms with Crippen molar-refractivity contribution < 1.29 is 19.0 Å². The fraction of sp³-hybridized carbons (Fsp3) is 0.185. The number of anilines is 2. The minimum Gasteiger partial charge on any atom is -0.495 e.